The van der Waals surface area contributed by atoms with E-state index in [-0.39, 0.29) is 6.54 Å². The lowest BCUT2D eigenvalue weighted by Gasteiger charge is -2.06. The molecule has 0 amide bonds. The molecular weight excluding hydrogens is 170 g/mol. The molecule has 1 aliphatic heterocycles. The Bertz CT molecular complexity index is 230. The Morgan fingerprint density at radius 2 is 2.42 bits per heavy atom. The lowest BCUT2D eigenvalue weighted by atomic mass is 10.1. The van der Waals surface area contributed by atoms with Crippen molar-refractivity contribution in [2.24, 2.45) is 11.0 Å². The largest absolute Gasteiger partial charge is 0.481 e. The molecule has 1 heterocycles. The zero-order valence-electron chi connectivity index (χ0n) is 6.37. The van der Waals surface area contributed by atoms with Crippen molar-refractivity contribution in [2.75, 3.05) is 13.6 Å². The minimum atomic E-state index is -2.78. The molecule has 6 heteroatoms. The zero-order chi connectivity index (χ0) is 9.30. The molecule has 0 spiro atoms. The van der Waals surface area contributed by atoms with Crippen molar-refractivity contribution >= 4 is 11.7 Å². The summed E-state index contributed by atoms with van der Waals surface area (Å²) in [4.78, 5) is 10.4. The average Bonchev–Trinajstić information content (AvgIpc) is 2.31. The van der Waals surface area contributed by atoms with Crippen molar-refractivity contribution in [3.63, 3.8) is 0 Å². The summed E-state index contributed by atoms with van der Waals surface area (Å²) in [5.74, 6) is -2.41. The molecular formula is C6H8F2N2O2. The maximum absolute atomic E-state index is 12.1. The fourth-order valence-electron chi connectivity index (χ4n) is 1.07. The summed E-state index contributed by atoms with van der Waals surface area (Å²) < 4.78 is 24.2. The van der Waals surface area contributed by atoms with E-state index in [9.17, 15) is 13.6 Å². The Balaban J connectivity index is 2.80. The number of hydrogen-bond acceptors (Lipinski definition) is 3. The summed E-state index contributed by atoms with van der Waals surface area (Å²) in [5, 5.41) is 13.1. The highest BCUT2D eigenvalue weighted by atomic mass is 19.3. The summed E-state index contributed by atoms with van der Waals surface area (Å²) in [6.45, 7) is 0.0228. The van der Waals surface area contributed by atoms with Crippen LogP contribution in [-0.2, 0) is 4.79 Å². The van der Waals surface area contributed by atoms with Gasteiger partial charge in [-0.2, -0.15) is 5.10 Å². The first-order valence-electron chi connectivity index (χ1n) is 3.33. The van der Waals surface area contributed by atoms with Gasteiger partial charge >= 0.3 is 5.97 Å². The Morgan fingerprint density at radius 3 is 2.75 bits per heavy atom. The molecule has 1 N–H and O–H groups in total. The predicted octanol–water partition coefficient (Wildman–Crippen LogP) is 0.254. The first-order chi connectivity index (χ1) is 5.52. The molecule has 0 bridgehead atoms. The van der Waals surface area contributed by atoms with Gasteiger partial charge in [0.1, 0.15) is 11.6 Å². The molecule has 0 aromatic rings. The van der Waals surface area contributed by atoms with Crippen LogP contribution in [0, 0.1) is 5.92 Å². The first kappa shape index (κ1) is 8.89. The molecule has 1 unspecified atom stereocenters. The van der Waals surface area contributed by atoms with Crippen LogP contribution in [0.2, 0.25) is 0 Å². The highest BCUT2D eigenvalue weighted by molar-refractivity contribution is 6.04. The molecule has 1 rings (SSSR count). The van der Waals surface area contributed by atoms with Crippen LogP contribution < -0.4 is 0 Å². The zero-order valence-corrected chi connectivity index (χ0v) is 6.37. The lowest BCUT2D eigenvalue weighted by Crippen LogP contribution is -2.29. The van der Waals surface area contributed by atoms with Crippen LogP contribution in [0.25, 0.3) is 0 Å². The number of hydrogen-bond donors (Lipinski definition) is 1. The molecule has 0 aromatic heterocycles. The van der Waals surface area contributed by atoms with Gasteiger partial charge in [-0.3, -0.25) is 9.80 Å². The van der Waals surface area contributed by atoms with Gasteiger partial charge in [0.05, 0.1) is 6.54 Å². The summed E-state index contributed by atoms with van der Waals surface area (Å²) in [7, 11) is 1.46. The van der Waals surface area contributed by atoms with Crippen molar-refractivity contribution in [3.05, 3.63) is 0 Å². The maximum Gasteiger partial charge on any atom is 0.314 e. The summed E-state index contributed by atoms with van der Waals surface area (Å²) >= 11 is 0. The van der Waals surface area contributed by atoms with E-state index in [2.05, 4.69) is 5.10 Å². The fraction of sp³-hybridized carbons (Fsp3) is 0.667. The monoisotopic (exact) mass is 178 g/mol. The summed E-state index contributed by atoms with van der Waals surface area (Å²) in [6.07, 6.45) is -2.78. The standard InChI is InChI=1S/C6H8F2N2O2/c1-10-2-3(6(11)12)4(9-10)5(7)8/h3,5H,2H2,1H3,(H,11,12). The quantitative estimate of drug-likeness (QED) is 0.659. The Labute approximate surface area is 67.5 Å². The Hall–Kier alpha value is -1.20. The van der Waals surface area contributed by atoms with Gasteiger partial charge in [-0.1, -0.05) is 0 Å². The van der Waals surface area contributed by atoms with Crippen molar-refractivity contribution in [3.8, 4) is 0 Å². The van der Waals surface area contributed by atoms with Gasteiger partial charge in [0, 0.05) is 7.05 Å². The third-order valence-electron chi connectivity index (χ3n) is 1.61. The first-order valence-corrected chi connectivity index (χ1v) is 3.33. The van der Waals surface area contributed by atoms with E-state index >= 15 is 0 Å². The third-order valence-corrected chi connectivity index (χ3v) is 1.61. The maximum atomic E-state index is 12.1. The molecule has 0 aliphatic carbocycles. The van der Waals surface area contributed by atoms with E-state index < -0.39 is 24.0 Å². The van der Waals surface area contributed by atoms with Crippen molar-refractivity contribution < 1.29 is 18.7 Å². The second kappa shape index (κ2) is 3.04. The molecule has 1 aliphatic rings. The minimum absolute atomic E-state index is 0.0228. The Morgan fingerprint density at radius 1 is 1.83 bits per heavy atom. The van der Waals surface area contributed by atoms with Gasteiger partial charge in [-0.15, -0.1) is 0 Å². The second-order valence-corrected chi connectivity index (χ2v) is 2.56. The van der Waals surface area contributed by atoms with Crippen LogP contribution in [0.5, 0.6) is 0 Å². The number of aliphatic carboxylic acids is 1. The van der Waals surface area contributed by atoms with E-state index in [1.807, 2.05) is 0 Å². The van der Waals surface area contributed by atoms with E-state index in [1.165, 1.54) is 12.1 Å². The van der Waals surface area contributed by atoms with Crippen molar-refractivity contribution in [1.82, 2.24) is 5.01 Å². The fourth-order valence-corrected chi connectivity index (χ4v) is 1.07. The molecule has 1 atom stereocenters. The minimum Gasteiger partial charge on any atom is -0.481 e. The number of carboxylic acids is 1. The van der Waals surface area contributed by atoms with Crippen LogP contribution >= 0.6 is 0 Å². The number of rotatable bonds is 2. The van der Waals surface area contributed by atoms with E-state index in [0.717, 1.165) is 0 Å². The number of halogens is 2. The van der Waals surface area contributed by atoms with Crippen LogP contribution in [-0.4, -0.2) is 41.8 Å². The normalized spacial score (nSPS) is 23.2. The van der Waals surface area contributed by atoms with Gasteiger partial charge in [0.25, 0.3) is 6.43 Å². The number of carboxylic acid groups (broad SMARTS) is 1. The molecule has 0 saturated carbocycles. The molecule has 0 saturated heterocycles. The predicted molar refractivity (Wildman–Crippen MR) is 37.2 cm³/mol. The number of hydrazone groups is 1. The molecule has 12 heavy (non-hydrogen) atoms. The molecule has 68 valence electrons. The van der Waals surface area contributed by atoms with E-state index in [0.29, 0.717) is 0 Å². The third kappa shape index (κ3) is 1.51. The summed E-state index contributed by atoms with van der Waals surface area (Å²) in [6, 6.07) is 0. The van der Waals surface area contributed by atoms with Crippen molar-refractivity contribution in [1.29, 1.82) is 0 Å². The molecule has 0 aromatic carbocycles. The van der Waals surface area contributed by atoms with Gasteiger partial charge in [0.2, 0.25) is 0 Å². The number of nitrogens with zero attached hydrogens (tertiary/aromatic N) is 2. The smallest absolute Gasteiger partial charge is 0.314 e. The lowest BCUT2D eigenvalue weighted by molar-refractivity contribution is -0.139. The van der Waals surface area contributed by atoms with E-state index in [4.69, 9.17) is 5.11 Å². The molecule has 0 fully saturated rings. The van der Waals surface area contributed by atoms with E-state index in [1.54, 1.807) is 0 Å². The topological polar surface area (TPSA) is 52.9 Å². The van der Waals surface area contributed by atoms with Gasteiger partial charge in [-0.05, 0) is 0 Å². The second-order valence-electron chi connectivity index (χ2n) is 2.56. The van der Waals surface area contributed by atoms with Crippen LogP contribution in [0.15, 0.2) is 5.10 Å². The SMILES string of the molecule is CN1CC(C(=O)O)C(C(F)F)=N1. The average molecular weight is 178 g/mol. The molecule has 0 radical (unpaired) electrons. The number of alkyl halides is 2. The van der Waals surface area contributed by atoms with Crippen molar-refractivity contribution in [2.45, 2.75) is 6.43 Å². The molecule has 4 nitrogen and oxygen atoms in total. The Kier molecular flexibility index (Phi) is 2.25. The summed E-state index contributed by atoms with van der Waals surface area (Å²) in [5.41, 5.74) is -0.551. The number of carbonyl (C=O) groups is 1. The van der Waals surface area contributed by atoms with Crippen LogP contribution in [0.4, 0.5) is 8.78 Å². The van der Waals surface area contributed by atoms with Gasteiger partial charge < -0.3 is 5.11 Å². The van der Waals surface area contributed by atoms with Crippen LogP contribution in [0.1, 0.15) is 0 Å². The highest BCUT2D eigenvalue weighted by Gasteiger charge is 2.36. The van der Waals surface area contributed by atoms with Crippen LogP contribution in [0.3, 0.4) is 0 Å². The van der Waals surface area contributed by atoms with Gasteiger partial charge in [-0.25, -0.2) is 8.78 Å². The highest BCUT2D eigenvalue weighted by Crippen LogP contribution is 2.17. The van der Waals surface area contributed by atoms with Gasteiger partial charge in [0.15, 0.2) is 0 Å².